The molecule has 1 unspecified atom stereocenters. The van der Waals surface area contributed by atoms with Crippen LogP contribution in [0.5, 0.6) is 0 Å². The van der Waals surface area contributed by atoms with E-state index in [0.29, 0.717) is 6.04 Å². The minimum absolute atomic E-state index is 0.364. The van der Waals surface area contributed by atoms with E-state index < -0.39 is 0 Å². The number of unbranched alkanes of at least 4 members (excludes halogenated alkanes) is 1. The summed E-state index contributed by atoms with van der Waals surface area (Å²) in [5, 5.41) is 12.7. The molecule has 1 atom stereocenters. The van der Waals surface area contributed by atoms with E-state index in [2.05, 4.69) is 37.2 Å². The van der Waals surface area contributed by atoms with Crippen molar-refractivity contribution in [3.8, 4) is 6.07 Å². The van der Waals surface area contributed by atoms with Crippen molar-refractivity contribution in [2.75, 3.05) is 13.6 Å². The van der Waals surface area contributed by atoms with Crippen LogP contribution in [0.1, 0.15) is 78.6 Å². The zero-order valence-electron chi connectivity index (χ0n) is 14.6. The molecule has 21 heavy (non-hydrogen) atoms. The molecule has 122 valence electrons. The van der Waals surface area contributed by atoms with Crippen molar-refractivity contribution in [1.29, 1.82) is 5.26 Å². The Morgan fingerprint density at radius 3 is 2.33 bits per heavy atom. The van der Waals surface area contributed by atoms with Gasteiger partial charge in [-0.25, -0.2) is 0 Å². The molecule has 3 heteroatoms. The van der Waals surface area contributed by atoms with Gasteiger partial charge >= 0.3 is 0 Å². The van der Waals surface area contributed by atoms with E-state index in [1.807, 2.05) is 6.92 Å². The summed E-state index contributed by atoms with van der Waals surface area (Å²) >= 11 is 0. The molecule has 0 aromatic carbocycles. The molecule has 0 spiro atoms. The highest BCUT2D eigenvalue weighted by Crippen LogP contribution is 2.21. The van der Waals surface area contributed by atoms with Crippen LogP contribution >= 0.6 is 0 Å². The van der Waals surface area contributed by atoms with Crippen LogP contribution in [-0.4, -0.2) is 36.1 Å². The number of nitrogens with zero attached hydrogens (tertiary/aromatic N) is 2. The lowest BCUT2D eigenvalue weighted by molar-refractivity contribution is 0.214. The van der Waals surface area contributed by atoms with Gasteiger partial charge in [0.2, 0.25) is 0 Å². The summed E-state index contributed by atoms with van der Waals surface area (Å²) in [5.41, 5.74) is -0.366. The topological polar surface area (TPSA) is 39.1 Å². The summed E-state index contributed by atoms with van der Waals surface area (Å²) in [6.45, 7) is 7.42. The molecule has 0 aromatic rings. The predicted octanol–water partition coefficient (Wildman–Crippen LogP) is 4.09. The Bertz CT molecular complexity index is 313. The smallest absolute Gasteiger partial charge is 0.104 e. The summed E-state index contributed by atoms with van der Waals surface area (Å²) in [7, 11) is 2.28. The van der Waals surface area contributed by atoms with Crippen LogP contribution in [0.3, 0.4) is 0 Å². The lowest BCUT2D eigenvalue weighted by atomic mass is 9.95. The first kappa shape index (κ1) is 18.5. The zero-order valence-corrected chi connectivity index (χ0v) is 14.6. The van der Waals surface area contributed by atoms with Crippen molar-refractivity contribution in [1.82, 2.24) is 10.2 Å². The van der Waals surface area contributed by atoms with Crippen LogP contribution in [0.2, 0.25) is 0 Å². The van der Waals surface area contributed by atoms with Gasteiger partial charge in [0, 0.05) is 12.1 Å². The Labute approximate surface area is 132 Å². The second-order valence-electron chi connectivity index (χ2n) is 7.33. The number of nitriles is 1. The first-order valence-electron chi connectivity index (χ1n) is 8.86. The molecule has 0 saturated heterocycles. The number of nitrogens with one attached hydrogen (secondary N) is 1. The molecule has 0 aliphatic heterocycles. The van der Waals surface area contributed by atoms with E-state index in [9.17, 15) is 5.26 Å². The monoisotopic (exact) mass is 293 g/mol. The first-order valence-corrected chi connectivity index (χ1v) is 8.86. The summed E-state index contributed by atoms with van der Waals surface area (Å²) in [6, 6.07) is 3.60. The molecule has 0 radical (unpaired) electrons. The van der Waals surface area contributed by atoms with Gasteiger partial charge in [-0.2, -0.15) is 5.26 Å². The SMILES string of the molecule is CC(C)NC(C)(C#N)CCCCN(C)C1CCCCCC1. The van der Waals surface area contributed by atoms with Crippen LogP contribution in [0.4, 0.5) is 0 Å². The van der Waals surface area contributed by atoms with E-state index in [4.69, 9.17) is 0 Å². The van der Waals surface area contributed by atoms with Gasteiger partial charge in [-0.15, -0.1) is 0 Å². The van der Waals surface area contributed by atoms with Crippen molar-refractivity contribution in [2.45, 2.75) is 96.2 Å². The molecule has 1 fully saturated rings. The van der Waals surface area contributed by atoms with E-state index in [0.717, 1.165) is 18.9 Å². The third-order valence-corrected chi connectivity index (χ3v) is 4.74. The minimum atomic E-state index is -0.366. The lowest BCUT2D eigenvalue weighted by Crippen LogP contribution is -2.45. The molecule has 0 amide bonds. The summed E-state index contributed by atoms with van der Waals surface area (Å²) in [5.74, 6) is 0. The molecule has 0 heterocycles. The van der Waals surface area contributed by atoms with Gasteiger partial charge in [0.1, 0.15) is 5.54 Å². The van der Waals surface area contributed by atoms with Crippen LogP contribution < -0.4 is 5.32 Å². The van der Waals surface area contributed by atoms with Gasteiger partial charge in [-0.3, -0.25) is 5.32 Å². The molecule has 1 aliphatic carbocycles. The molecular formula is C18H35N3. The summed E-state index contributed by atoms with van der Waals surface area (Å²) in [6.07, 6.45) is 11.7. The molecule has 1 saturated carbocycles. The van der Waals surface area contributed by atoms with Crippen molar-refractivity contribution in [3.05, 3.63) is 0 Å². The zero-order chi connectivity index (χ0) is 15.7. The van der Waals surface area contributed by atoms with E-state index in [1.54, 1.807) is 0 Å². The Morgan fingerprint density at radius 1 is 1.19 bits per heavy atom. The van der Waals surface area contributed by atoms with Crippen molar-refractivity contribution < 1.29 is 0 Å². The Kier molecular flexibility index (Phi) is 8.29. The van der Waals surface area contributed by atoms with E-state index in [1.165, 1.54) is 51.5 Å². The predicted molar refractivity (Wildman–Crippen MR) is 90.3 cm³/mol. The Hall–Kier alpha value is -0.590. The molecule has 3 nitrogen and oxygen atoms in total. The fraction of sp³-hybridized carbons (Fsp3) is 0.944. The van der Waals surface area contributed by atoms with Crippen LogP contribution in [-0.2, 0) is 0 Å². The minimum Gasteiger partial charge on any atom is -0.303 e. The standard InChI is InChI=1S/C18H35N3/c1-16(2)20-18(3,15-19)13-9-10-14-21(4)17-11-7-5-6-8-12-17/h16-17,20H,5-14H2,1-4H3. The summed E-state index contributed by atoms with van der Waals surface area (Å²) in [4.78, 5) is 2.56. The second kappa shape index (κ2) is 9.43. The number of hydrogen-bond acceptors (Lipinski definition) is 3. The van der Waals surface area contributed by atoms with Gasteiger partial charge < -0.3 is 4.90 Å². The fourth-order valence-electron chi connectivity index (χ4n) is 3.52. The van der Waals surface area contributed by atoms with Crippen molar-refractivity contribution >= 4 is 0 Å². The van der Waals surface area contributed by atoms with E-state index in [-0.39, 0.29) is 5.54 Å². The average Bonchev–Trinajstić information content (AvgIpc) is 2.71. The highest BCUT2D eigenvalue weighted by molar-refractivity contribution is 5.04. The highest BCUT2D eigenvalue weighted by atomic mass is 15.1. The van der Waals surface area contributed by atoms with Crippen LogP contribution in [0.25, 0.3) is 0 Å². The van der Waals surface area contributed by atoms with Crippen LogP contribution in [0.15, 0.2) is 0 Å². The largest absolute Gasteiger partial charge is 0.303 e. The van der Waals surface area contributed by atoms with Crippen molar-refractivity contribution in [3.63, 3.8) is 0 Å². The Morgan fingerprint density at radius 2 is 1.81 bits per heavy atom. The third-order valence-electron chi connectivity index (χ3n) is 4.74. The molecular weight excluding hydrogens is 258 g/mol. The van der Waals surface area contributed by atoms with Gasteiger partial charge in [-0.05, 0) is 66.5 Å². The van der Waals surface area contributed by atoms with Gasteiger partial charge in [0.05, 0.1) is 6.07 Å². The first-order chi connectivity index (χ1) is 9.97. The summed E-state index contributed by atoms with van der Waals surface area (Å²) < 4.78 is 0. The fourth-order valence-corrected chi connectivity index (χ4v) is 3.52. The second-order valence-corrected chi connectivity index (χ2v) is 7.33. The number of hydrogen-bond donors (Lipinski definition) is 1. The van der Waals surface area contributed by atoms with Gasteiger partial charge in [-0.1, -0.05) is 25.7 Å². The molecule has 0 aromatic heterocycles. The molecule has 0 bridgehead atoms. The maximum atomic E-state index is 9.35. The molecule has 1 rings (SSSR count). The maximum Gasteiger partial charge on any atom is 0.104 e. The lowest BCUT2D eigenvalue weighted by Gasteiger charge is -2.28. The Balaban J connectivity index is 2.24. The van der Waals surface area contributed by atoms with Crippen molar-refractivity contribution in [2.24, 2.45) is 0 Å². The highest BCUT2D eigenvalue weighted by Gasteiger charge is 2.24. The van der Waals surface area contributed by atoms with E-state index >= 15 is 0 Å². The number of rotatable bonds is 8. The average molecular weight is 293 g/mol. The third kappa shape index (κ3) is 7.29. The quantitative estimate of drug-likeness (QED) is 0.541. The molecule has 1 N–H and O–H groups in total. The maximum absolute atomic E-state index is 9.35. The van der Waals surface area contributed by atoms with Gasteiger partial charge in [0.15, 0.2) is 0 Å². The molecule has 1 aliphatic rings. The van der Waals surface area contributed by atoms with Crippen LogP contribution in [0, 0.1) is 11.3 Å². The normalized spacial score (nSPS) is 20.2. The van der Waals surface area contributed by atoms with Gasteiger partial charge in [0.25, 0.3) is 0 Å².